The molecule has 10 aromatic rings. The van der Waals surface area contributed by atoms with Crippen LogP contribution in [0.5, 0.6) is 0 Å². The molecule has 50 heavy (non-hydrogen) atoms. The van der Waals surface area contributed by atoms with Gasteiger partial charge in [-0.1, -0.05) is 146 Å². The lowest BCUT2D eigenvalue weighted by molar-refractivity contribution is 1.30. The Bertz CT molecular complexity index is 2870. The summed E-state index contributed by atoms with van der Waals surface area (Å²) in [6.07, 6.45) is 0. The van der Waals surface area contributed by atoms with E-state index in [1.165, 1.54) is 74.7 Å². The van der Waals surface area contributed by atoms with Crippen LogP contribution in [-0.2, 0) is 0 Å². The molecule has 1 heterocycles. The van der Waals surface area contributed by atoms with E-state index in [-0.39, 0.29) is 0 Å². The van der Waals surface area contributed by atoms with Crippen molar-refractivity contribution in [3.8, 4) is 22.3 Å². The molecule has 0 N–H and O–H groups in total. The zero-order chi connectivity index (χ0) is 33.0. The van der Waals surface area contributed by atoms with Crippen LogP contribution in [0.3, 0.4) is 0 Å². The quantitative estimate of drug-likeness (QED) is 0.179. The van der Waals surface area contributed by atoms with Crippen LogP contribution < -0.4 is 4.90 Å². The van der Waals surface area contributed by atoms with Gasteiger partial charge in [-0.15, -0.1) is 11.3 Å². The van der Waals surface area contributed by atoms with Crippen molar-refractivity contribution in [3.05, 3.63) is 188 Å². The molecule has 9 aromatic carbocycles. The first-order valence-electron chi connectivity index (χ1n) is 17.1. The van der Waals surface area contributed by atoms with E-state index in [9.17, 15) is 0 Å². The van der Waals surface area contributed by atoms with Crippen molar-refractivity contribution in [1.82, 2.24) is 0 Å². The number of nitrogens with zero attached hydrogens (tertiary/aromatic N) is 1. The van der Waals surface area contributed by atoms with Crippen LogP contribution >= 0.6 is 11.3 Å². The minimum absolute atomic E-state index is 1.13. The molecule has 0 aliphatic carbocycles. The van der Waals surface area contributed by atoms with E-state index in [1.54, 1.807) is 0 Å². The molecule has 2 heteroatoms. The minimum Gasteiger partial charge on any atom is -0.310 e. The number of hydrogen-bond acceptors (Lipinski definition) is 2. The number of benzene rings is 9. The van der Waals surface area contributed by atoms with Crippen LogP contribution in [0.1, 0.15) is 0 Å². The van der Waals surface area contributed by atoms with Gasteiger partial charge in [-0.05, 0) is 86.3 Å². The number of rotatable bonds is 5. The summed E-state index contributed by atoms with van der Waals surface area (Å²) < 4.78 is 2.62. The van der Waals surface area contributed by atoms with Gasteiger partial charge in [0.1, 0.15) is 0 Å². The van der Waals surface area contributed by atoms with E-state index < -0.39 is 0 Å². The first kappa shape index (κ1) is 28.8. The van der Waals surface area contributed by atoms with Gasteiger partial charge in [-0.3, -0.25) is 0 Å². The fourth-order valence-corrected chi connectivity index (χ4v) is 8.90. The molecule has 234 valence electrons. The lowest BCUT2D eigenvalue weighted by Crippen LogP contribution is -2.10. The summed E-state index contributed by atoms with van der Waals surface area (Å²) in [6, 6.07) is 68.7. The second-order valence-electron chi connectivity index (χ2n) is 12.9. The molecule has 0 saturated carbocycles. The van der Waals surface area contributed by atoms with E-state index in [0.29, 0.717) is 0 Å². The van der Waals surface area contributed by atoms with Gasteiger partial charge >= 0.3 is 0 Å². The zero-order valence-corrected chi connectivity index (χ0v) is 28.1. The van der Waals surface area contributed by atoms with Gasteiger partial charge in [0.05, 0.1) is 5.69 Å². The van der Waals surface area contributed by atoms with Gasteiger partial charge < -0.3 is 4.90 Å². The molecule has 0 bridgehead atoms. The van der Waals surface area contributed by atoms with Crippen LogP contribution in [0.4, 0.5) is 17.1 Å². The first-order chi connectivity index (χ1) is 24.8. The summed E-state index contributed by atoms with van der Waals surface area (Å²) in [4.78, 5) is 2.43. The van der Waals surface area contributed by atoms with Crippen molar-refractivity contribution in [2.24, 2.45) is 0 Å². The SMILES string of the molecule is c1ccc(-c2cccc(N(c3ccc4sc5c6ccccc6c(-c6cccc7ccccc67)cc5c4c3)c3cccc4ccccc34)c2)cc1. The molecule has 0 saturated heterocycles. The molecule has 0 spiro atoms. The van der Waals surface area contributed by atoms with Crippen LogP contribution in [0.2, 0.25) is 0 Å². The summed E-state index contributed by atoms with van der Waals surface area (Å²) in [5.41, 5.74) is 8.38. The number of anilines is 3. The smallest absolute Gasteiger partial charge is 0.0540 e. The normalized spacial score (nSPS) is 11.6. The molecule has 0 unspecified atom stereocenters. The predicted molar refractivity (Wildman–Crippen MR) is 217 cm³/mol. The standard InChI is InChI=1S/C48H31NS/c1-2-13-32(14-3-1)35-19-10-20-36(29-35)49(46-26-12-18-34-16-5-7-22-39(34)46)37-27-28-47-44(30-37)45-31-43(41-23-8-9-24-42(41)48(45)50-47)40-25-11-17-33-15-4-6-21-38(33)40/h1-31H. The zero-order valence-electron chi connectivity index (χ0n) is 27.3. The van der Waals surface area contributed by atoms with Crippen molar-refractivity contribution in [1.29, 1.82) is 0 Å². The van der Waals surface area contributed by atoms with Gasteiger partial charge in [-0.25, -0.2) is 0 Å². The molecule has 1 aromatic heterocycles. The topological polar surface area (TPSA) is 3.24 Å². The van der Waals surface area contributed by atoms with E-state index in [1.807, 2.05) is 11.3 Å². The maximum absolute atomic E-state index is 2.44. The lowest BCUT2D eigenvalue weighted by atomic mass is 9.92. The van der Waals surface area contributed by atoms with Crippen molar-refractivity contribution < 1.29 is 0 Å². The van der Waals surface area contributed by atoms with Crippen LogP contribution in [0.15, 0.2) is 188 Å². The van der Waals surface area contributed by atoms with Gasteiger partial charge in [0.2, 0.25) is 0 Å². The lowest BCUT2D eigenvalue weighted by Gasteiger charge is -2.27. The average Bonchev–Trinajstić information content (AvgIpc) is 3.56. The first-order valence-corrected chi connectivity index (χ1v) is 17.9. The average molecular weight is 654 g/mol. The molecule has 0 atom stereocenters. The largest absolute Gasteiger partial charge is 0.310 e. The fraction of sp³-hybridized carbons (Fsp3) is 0. The highest BCUT2D eigenvalue weighted by Crippen LogP contribution is 2.47. The summed E-state index contributed by atoms with van der Waals surface area (Å²) in [5, 5.41) is 10.1. The maximum Gasteiger partial charge on any atom is 0.0540 e. The Morgan fingerprint density at radius 2 is 0.960 bits per heavy atom. The van der Waals surface area contributed by atoms with Crippen LogP contribution in [0.25, 0.3) is 74.7 Å². The third-order valence-corrected chi connectivity index (χ3v) is 11.2. The van der Waals surface area contributed by atoms with Gasteiger partial charge in [0.25, 0.3) is 0 Å². The highest BCUT2D eigenvalue weighted by molar-refractivity contribution is 7.26. The Hall–Kier alpha value is -6.22. The van der Waals surface area contributed by atoms with Crippen LogP contribution in [0, 0.1) is 0 Å². The van der Waals surface area contributed by atoms with Crippen molar-refractivity contribution >= 4 is 80.9 Å². The molecule has 0 fully saturated rings. The van der Waals surface area contributed by atoms with E-state index in [2.05, 4.69) is 193 Å². The molecular weight excluding hydrogens is 623 g/mol. The second kappa shape index (κ2) is 11.7. The Balaban J connectivity index is 1.24. The molecule has 0 amide bonds. The molecule has 0 radical (unpaired) electrons. The number of fused-ring (bicyclic) bond motifs is 7. The van der Waals surface area contributed by atoms with Gasteiger partial charge in [0.15, 0.2) is 0 Å². The molecule has 10 rings (SSSR count). The molecule has 1 nitrogen and oxygen atoms in total. The summed E-state index contributed by atoms with van der Waals surface area (Å²) in [5.74, 6) is 0. The number of hydrogen-bond donors (Lipinski definition) is 0. The fourth-order valence-electron chi connectivity index (χ4n) is 7.69. The monoisotopic (exact) mass is 653 g/mol. The number of thiophene rings is 1. The van der Waals surface area contributed by atoms with Gasteiger partial charge in [-0.2, -0.15) is 0 Å². The molecular formula is C48H31NS. The molecule has 0 aliphatic rings. The second-order valence-corrected chi connectivity index (χ2v) is 14.0. The minimum atomic E-state index is 1.13. The third-order valence-electron chi connectivity index (χ3n) is 10.0. The van der Waals surface area contributed by atoms with Crippen molar-refractivity contribution in [2.45, 2.75) is 0 Å². The van der Waals surface area contributed by atoms with E-state index in [4.69, 9.17) is 0 Å². The van der Waals surface area contributed by atoms with Crippen LogP contribution in [-0.4, -0.2) is 0 Å². The van der Waals surface area contributed by atoms with E-state index >= 15 is 0 Å². The Morgan fingerprint density at radius 3 is 1.80 bits per heavy atom. The highest BCUT2D eigenvalue weighted by Gasteiger charge is 2.19. The third kappa shape index (κ3) is 4.69. The van der Waals surface area contributed by atoms with Gasteiger partial charge in [0, 0.05) is 42.3 Å². The van der Waals surface area contributed by atoms with Crippen molar-refractivity contribution in [2.75, 3.05) is 4.90 Å². The Labute approximate surface area is 294 Å². The summed E-state index contributed by atoms with van der Waals surface area (Å²) in [6.45, 7) is 0. The van der Waals surface area contributed by atoms with E-state index in [0.717, 1.165) is 17.1 Å². The maximum atomic E-state index is 2.44. The highest BCUT2D eigenvalue weighted by atomic mass is 32.1. The summed E-state index contributed by atoms with van der Waals surface area (Å²) in [7, 11) is 0. The summed E-state index contributed by atoms with van der Waals surface area (Å²) >= 11 is 1.89. The van der Waals surface area contributed by atoms with Crippen molar-refractivity contribution in [3.63, 3.8) is 0 Å². The predicted octanol–water partition coefficient (Wildman–Crippen LogP) is 14.3. The molecule has 0 aliphatic heterocycles. The Kier molecular flexibility index (Phi) is 6.75. The Morgan fingerprint density at radius 1 is 0.340 bits per heavy atom.